The molecule has 1 aliphatic rings. The van der Waals surface area contributed by atoms with Gasteiger partial charge in [-0.25, -0.2) is 4.68 Å². The summed E-state index contributed by atoms with van der Waals surface area (Å²) in [5.41, 5.74) is 8.41. The molecular formula is C20H20N2O. The van der Waals surface area contributed by atoms with Gasteiger partial charge in [0.25, 0.3) is 0 Å². The van der Waals surface area contributed by atoms with Crippen LogP contribution in [0.25, 0.3) is 16.9 Å². The van der Waals surface area contributed by atoms with E-state index in [2.05, 4.69) is 62.3 Å². The fourth-order valence-electron chi connectivity index (χ4n) is 3.10. The fourth-order valence-corrected chi connectivity index (χ4v) is 3.10. The summed E-state index contributed by atoms with van der Waals surface area (Å²) in [6.07, 6.45) is 2.86. The van der Waals surface area contributed by atoms with Gasteiger partial charge in [0.1, 0.15) is 5.75 Å². The van der Waals surface area contributed by atoms with Gasteiger partial charge in [-0.15, -0.1) is 0 Å². The van der Waals surface area contributed by atoms with Crippen LogP contribution in [0.15, 0.2) is 42.6 Å². The number of hydrogen-bond donors (Lipinski definition) is 0. The second kappa shape index (κ2) is 5.27. The Hall–Kier alpha value is -2.55. The Morgan fingerprint density at radius 1 is 1.00 bits per heavy atom. The van der Waals surface area contributed by atoms with E-state index in [4.69, 9.17) is 4.74 Å². The summed E-state index contributed by atoms with van der Waals surface area (Å²) in [5.74, 6) is 0.959. The molecule has 0 atom stereocenters. The maximum absolute atomic E-state index is 5.99. The Kier molecular flexibility index (Phi) is 3.22. The van der Waals surface area contributed by atoms with Crippen LogP contribution >= 0.6 is 0 Å². The normalized spacial score (nSPS) is 13.0. The summed E-state index contributed by atoms with van der Waals surface area (Å²) >= 11 is 0. The zero-order valence-electron chi connectivity index (χ0n) is 13.8. The van der Waals surface area contributed by atoms with Gasteiger partial charge in [0, 0.05) is 17.5 Å². The Labute approximate surface area is 136 Å². The third-order valence-electron chi connectivity index (χ3n) is 4.60. The lowest BCUT2D eigenvalue weighted by Crippen LogP contribution is -2.01. The molecule has 0 spiro atoms. The molecule has 0 amide bonds. The lowest BCUT2D eigenvalue weighted by atomic mass is 10.0. The third-order valence-corrected chi connectivity index (χ3v) is 4.60. The van der Waals surface area contributed by atoms with Crippen molar-refractivity contribution >= 4 is 0 Å². The SMILES string of the molecule is Cc1ccc(-n2ncc3c2-c2cc(C)c(C)cc2OCC3)cc1. The predicted molar refractivity (Wildman–Crippen MR) is 92.4 cm³/mol. The van der Waals surface area contributed by atoms with Crippen LogP contribution < -0.4 is 4.74 Å². The highest BCUT2D eigenvalue weighted by Gasteiger charge is 2.22. The van der Waals surface area contributed by atoms with Crippen molar-refractivity contribution in [3.63, 3.8) is 0 Å². The first kappa shape index (κ1) is 14.1. The Morgan fingerprint density at radius 3 is 2.52 bits per heavy atom. The van der Waals surface area contributed by atoms with Crippen LogP contribution in [0.5, 0.6) is 5.75 Å². The standard InChI is InChI=1S/C20H20N2O/c1-13-4-6-17(7-5-13)22-20-16(12-21-22)8-9-23-19-11-15(3)14(2)10-18(19)20/h4-7,10-12H,8-9H2,1-3H3. The molecule has 0 aliphatic carbocycles. The molecule has 2 aromatic carbocycles. The van der Waals surface area contributed by atoms with Gasteiger partial charge >= 0.3 is 0 Å². The van der Waals surface area contributed by atoms with Gasteiger partial charge in [-0.1, -0.05) is 17.7 Å². The Balaban J connectivity index is 1.96. The van der Waals surface area contributed by atoms with Crippen LogP contribution in [-0.4, -0.2) is 16.4 Å². The van der Waals surface area contributed by atoms with E-state index in [9.17, 15) is 0 Å². The van der Waals surface area contributed by atoms with E-state index >= 15 is 0 Å². The molecule has 0 radical (unpaired) electrons. The summed E-state index contributed by atoms with van der Waals surface area (Å²) in [6, 6.07) is 12.9. The maximum Gasteiger partial charge on any atom is 0.128 e. The molecule has 0 bridgehead atoms. The molecule has 116 valence electrons. The van der Waals surface area contributed by atoms with Crippen LogP contribution in [0.2, 0.25) is 0 Å². The first-order valence-electron chi connectivity index (χ1n) is 8.02. The number of benzene rings is 2. The highest BCUT2D eigenvalue weighted by molar-refractivity contribution is 5.74. The van der Waals surface area contributed by atoms with Gasteiger partial charge in [0.05, 0.1) is 24.2 Å². The summed E-state index contributed by atoms with van der Waals surface area (Å²) in [4.78, 5) is 0. The molecule has 3 nitrogen and oxygen atoms in total. The molecule has 0 fully saturated rings. The Bertz CT molecular complexity index is 875. The second-order valence-electron chi connectivity index (χ2n) is 6.30. The fraction of sp³-hybridized carbons (Fsp3) is 0.250. The van der Waals surface area contributed by atoms with Gasteiger partial charge in [-0.3, -0.25) is 0 Å². The van der Waals surface area contributed by atoms with Crippen molar-refractivity contribution in [2.24, 2.45) is 0 Å². The predicted octanol–water partition coefficient (Wildman–Crippen LogP) is 4.40. The van der Waals surface area contributed by atoms with E-state index in [1.165, 1.54) is 22.3 Å². The Morgan fingerprint density at radius 2 is 1.74 bits per heavy atom. The zero-order chi connectivity index (χ0) is 16.0. The van der Waals surface area contributed by atoms with Crippen molar-refractivity contribution < 1.29 is 4.74 Å². The van der Waals surface area contributed by atoms with Gasteiger partial charge in [-0.05, 0) is 56.2 Å². The minimum absolute atomic E-state index is 0.697. The van der Waals surface area contributed by atoms with Crippen molar-refractivity contribution in [1.82, 2.24) is 9.78 Å². The van der Waals surface area contributed by atoms with Crippen LogP contribution in [0.3, 0.4) is 0 Å². The molecule has 2 heterocycles. The van der Waals surface area contributed by atoms with Crippen molar-refractivity contribution in [1.29, 1.82) is 0 Å². The number of nitrogens with zero attached hydrogens (tertiary/aromatic N) is 2. The smallest absolute Gasteiger partial charge is 0.128 e. The van der Waals surface area contributed by atoms with Crippen LogP contribution in [0.4, 0.5) is 0 Å². The second-order valence-corrected chi connectivity index (χ2v) is 6.30. The number of aryl methyl sites for hydroxylation is 3. The monoisotopic (exact) mass is 304 g/mol. The van der Waals surface area contributed by atoms with E-state index < -0.39 is 0 Å². The number of rotatable bonds is 1. The molecule has 3 heteroatoms. The van der Waals surface area contributed by atoms with Crippen LogP contribution in [0, 0.1) is 20.8 Å². The average molecular weight is 304 g/mol. The lowest BCUT2D eigenvalue weighted by molar-refractivity contribution is 0.326. The third kappa shape index (κ3) is 2.33. The molecule has 0 saturated carbocycles. The first-order valence-corrected chi connectivity index (χ1v) is 8.02. The van der Waals surface area contributed by atoms with Crippen LogP contribution in [0.1, 0.15) is 22.3 Å². The summed E-state index contributed by atoms with van der Waals surface area (Å²) in [6.45, 7) is 7.07. The topological polar surface area (TPSA) is 27.1 Å². The molecule has 23 heavy (non-hydrogen) atoms. The summed E-state index contributed by atoms with van der Waals surface area (Å²) in [5, 5.41) is 4.65. The molecule has 1 aromatic heterocycles. The summed E-state index contributed by atoms with van der Waals surface area (Å²) < 4.78 is 8.03. The average Bonchev–Trinajstić information content (AvgIpc) is 2.87. The van der Waals surface area contributed by atoms with Crippen LogP contribution in [-0.2, 0) is 6.42 Å². The molecule has 1 aliphatic heterocycles. The molecule has 3 aromatic rings. The van der Waals surface area contributed by atoms with Crippen molar-refractivity contribution in [3.05, 3.63) is 64.8 Å². The quantitative estimate of drug-likeness (QED) is 0.666. The number of hydrogen-bond acceptors (Lipinski definition) is 2. The lowest BCUT2D eigenvalue weighted by Gasteiger charge is -2.13. The molecule has 0 N–H and O–H groups in total. The van der Waals surface area contributed by atoms with Gasteiger partial charge in [-0.2, -0.15) is 5.10 Å². The highest BCUT2D eigenvalue weighted by Crippen LogP contribution is 2.38. The van der Waals surface area contributed by atoms with E-state index in [1.807, 2.05) is 10.9 Å². The molecule has 0 unspecified atom stereocenters. The highest BCUT2D eigenvalue weighted by atomic mass is 16.5. The maximum atomic E-state index is 5.99. The number of fused-ring (bicyclic) bond motifs is 3. The molecular weight excluding hydrogens is 284 g/mol. The first-order chi connectivity index (χ1) is 11.1. The van der Waals surface area contributed by atoms with Crippen molar-refractivity contribution in [3.8, 4) is 22.7 Å². The van der Waals surface area contributed by atoms with E-state index in [0.717, 1.165) is 29.1 Å². The van der Waals surface area contributed by atoms with E-state index in [1.54, 1.807) is 0 Å². The van der Waals surface area contributed by atoms with Gasteiger partial charge < -0.3 is 4.74 Å². The van der Waals surface area contributed by atoms with E-state index in [0.29, 0.717) is 6.61 Å². The van der Waals surface area contributed by atoms with Crippen molar-refractivity contribution in [2.75, 3.05) is 6.61 Å². The minimum Gasteiger partial charge on any atom is -0.493 e. The van der Waals surface area contributed by atoms with E-state index in [-0.39, 0.29) is 0 Å². The summed E-state index contributed by atoms with van der Waals surface area (Å²) in [7, 11) is 0. The molecule has 4 rings (SSSR count). The number of aromatic nitrogens is 2. The largest absolute Gasteiger partial charge is 0.493 e. The van der Waals surface area contributed by atoms with Gasteiger partial charge in [0.2, 0.25) is 0 Å². The zero-order valence-corrected chi connectivity index (χ0v) is 13.8. The minimum atomic E-state index is 0.697. The molecule has 0 saturated heterocycles. The number of ether oxygens (including phenoxy) is 1. The van der Waals surface area contributed by atoms with Gasteiger partial charge in [0.15, 0.2) is 0 Å². The van der Waals surface area contributed by atoms with Crippen molar-refractivity contribution in [2.45, 2.75) is 27.2 Å².